The van der Waals surface area contributed by atoms with Crippen LogP contribution in [-0.4, -0.2) is 28.3 Å². The van der Waals surface area contributed by atoms with Crippen LogP contribution in [0.4, 0.5) is 5.69 Å². The summed E-state index contributed by atoms with van der Waals surface area (Å²) in [5.41, 5.74) is 2.77. The highest BCUT2D eigenvalue weighted by molar-refractivity contribution is 8.13. The standard InChI is InChI=1S/C18H18N2O2S/c1-13(21)23-12-14-9-18(22)20(11-14)16-7-8-19-17(10-16)15-5-3-2-4-6-15/h2-8,10,14H,9,11-12H2,1H3. The number of thioether (sulfide) groups is 1. The van der Waals surface area contributed by atoms with Crippen molar-refractivity contribution in [3.8, 4) is 11.3 Å². The van der Waals surface area contributed by atoms with Gasteiger partial charge in [-0.15, -0.1) is 0 Å². The van der Waals surface area contributed by atoms with E-state index in [0.717, 1.165) is 16.9 Å². The third-order valence-corrected chi connectivity index (χ3v) is 4.90. The van der Waals surface area contributed by atoms with Crippen molar-refractivity contribution in [2.75, 3.05) is 17.2 Å². The lowest BCUT2D eigenvalue weighted by Gasteiger charge is -2.17. The number of hydrogen-bond acceptors (Lipinski definition) is 4. The fraction of sp³-hybridized carbons (Fsp3) is 0.278. The van der Waals surface area contributed by atoms with Gasteiger partial charge < -0.3 is 4.90 Å². The summed E-state index contributed by atoms with van der Waals surface area (Å²) in [6.45, 7) is 2.23. The number of hydrogen-bond donors (Lipinski definition) is 0. The van der Waals surface area contributed by atoms with E-state index in [1.54, 1.807) is 18.0 Å². The van der Waals surface area contributed by atoms with Crippen LogP contribution in [0.2, 0.25) is 0 Å². The van der Waals surface area contributed by atoms with Gasteiger partial charge in [-0.1, -0.05) is 42.1 Å². The molecule has 1 atom stereocenters. The Kier molecular flexibility index (Phi) is 4.76. The lowest BCUT2D eigenvalue weighted by molar-refractivity contribution is -0.117. The van der Waals surface area contributed by atoms with Crippen LogP contribution in [0.15, 0.2) is 48.7 Å². The summed E-state index contributed by atoms with van der Waals surface area (Å²) in [6.07, 6.45) is 2.24. The first kappa shape index (κ1) is 15.7. The monoisotopic (exact) mass is 326 g/mol. The van der Waals surface area contributed by atoms with Crippen molar-refractivity contribution in [1.82, 2.24) is 4.98 Å². The third-order valence-electron chi connectivity index (χ3n) is 3.85. The van der Waals surface area contributed by atoms with Crippen LogP contribution in [0.1, 0.15) is 13.3 Å². The van der Waals surface area contributed by atoms with E-state index in [-0.39, 0.29) is 16.9 Å². The number of pyridine rings is 1. The number of anilines is 1. The Morgan fingerprint density at radius 3 is 2.83 bits per heavy atom. The van der Waals surface area contributed by atoms with E-state index in [9.17, 15) is 9.59 Å². The number of benzene rings is 1. The summed E-state index contributed by atoms with van der Waals surface area (Å²) in [6, 6.07) is 13.7. The van der Waals surface area contributed by atoms with Crippen molar-refractivity contribution in [2.24, 2.45) is 5.92 Å². The van der Waals surface area contributed by atoms with Gasteiger partial charge in [0.1, 0.15) is 0 Å². The minimum absolute atomic E-state index is 0.103. The summed E-state index contributed by atoms with van der Waals surface area (Å²) in [5, 5.41) is 0.103. The van der Waals surface area contributed by atoms with E-state index in [1.807, 2.05) is 42.5 Å². The molecular weight excluding hydrogens is 308 g/mol. The molecule has 2 aromatic rings. The molecule has 0 bridgehead atoms. The Morgan fingerprint density at radius 2 is 2.09 bits per heavy atom. The Morgan fingerprint density at radius 1 is 1.30 bits per heavy atom. The fourth-order valence-corrected chi connectivity index (χ4v) is 3.43. The van der Waals surface area contributed by atoms with Crippen molar-refractivity contribution in [1.29, 1.82) is 0 Å². The summed E-state index contributed by atoms with van der Waals surface area (Å²) >= 11 is 1.30. The molecule has 1 unspecified atom stereocenters. The van der Waals surface area contributed by atoms with E-state index in [1.165, 1.54) is 11.8 Å². The maximum atomic E-state index is 12.3. The summed E-state index contributed by atoms with van der Waals surface area (Å²) in [4.78, 5) is 29.6. The Bertz CT molecular complexity index is 718. The highest BCUT2D eigenvalue weighted by Crippen LogP contribution is 2.29. The highest BCUT2D eigenvalue weighted by Gasteiger charge is 2.30. The molecular formula is C18H18N2O2S. The zero-order valence-electron chi connectivity index (χ0n) is 12.9. The molecule has 1 aliphatic rings. The lowest BCUT2D eigenvalue weighted by atomic mass is 10.1. The van der Waals surface area contributed by atoms with Crippen LogP contribution in [0.25, 0.3) is 11.3 Å². The minimum Gasteiger partial charge on any atom is -0.312 e. The number of rotatable bonds is 4. The van der Waals surface area contributed by atoms with Gasteiger partial charge in [-0.05, 0) is 18.1 Å². The predicted octanol–water partition coefficient (Wildman–Crippen LogP) is 3.38. The first-order valence-corrected chi connectivity index (χ1v) is 8.57. The largest absolute Gasteiger partial charge is 0.312 e. The summed E-state index contributed by atoms with van der Waals surface area (Å²) in [7, 11) is 0. The van der Waals surface area contributed by atoms with Crippen LogP contribution in [0, 0.1) is 5.92 Å². The van der Waals surface area contributed by atoms with Gasteiger partial charge in [-0.3, -0.25) is 14.6 Å². The molecule has 3 rings (SSSR count). The average molecular weight is 326 g/mol. The quantitative estimate of drug-likeness (QED) is 0.864. The molecule has 4 nitrogen and oxygen atoms in total. The van der Waals surface area contributed by atoms with E-state index >= 15 is 0 Å². The molecule has 0 radical (unpaired) electrons. The molecule has 1 amide bonds. The van der Waals surface area contributed by atoms with Crippen molar-refractivity contribution in [2.45, 2.75) is 13.3 Å². The summed E-state index contributed by atoms with van der Waals surface area (Å²) < 4.78 is 0. The lowest BCUT2D eigenvalue weighted by Crippen LogP contribution is -2.24. The third kappa shape index (κ3) is 3.79. The van der Waals surface area contributed by atoms with Crippen molar-refractivity contribution < 1.29 is 9.59 Å². The van der Waals surface area contributed by atoms with E-state index in [2.05, 4.69) is 4.98 Å². The topological polar surface area (TPSA) is 50.3 Å². The van der Waals surface area contributed by atoms with Gasteiger partial charge in [0.2, 0.25) is 5.91 Å². The van der Waals surface area contributed by atoms with Gasteiger partial charge in [0.15, 0.2) is 5.12 Å². The number of aromatic nitrogens is 1. The minimum atomic E-state index is 0.103. The SMILES string of the molecule is CC(=O)SCC1CC(=O)N(c2ccnc(-c3ccccc3)c2)C1. The first-order valence-electron chi connectivity index (χ1n) is 7.58. The molecule has 5 heteroatoms. The van der Waals surface area contributed by atoms with Gasteiger partial charge >= 0.3 is 0 Å². The highest BCUT2D eigenvalue weighted by atomic mass is 32.2. The van der Waals surface area contributed by atoms with Crippen molar-refractivity contribution >= 4 is 28.5 Å². The second kappa shape index (κ2) is 6.96. The van der Waals surface area contributed by atoms with Crippen molar-refractivity contribution in [3.63, 3.8) is 0 Å². The Balaban J connectivity index is 1.77. The second-order valence-electron chi connectivity index (χ2n) is 5.64. The molecule has 0 N–H and O–H groups in total. The Hall–Kier alpha value is -2.14. The molecule has 1 saturated heterocycles. The Labute approximate surface area is 139 Å². The predicted molar refractivity (Wildman–Crippen MR) is 93.3 cm³/mol. The molecule has 23 heavy (non-hydrogen) atoms. The van der Waals surface area contributed by atoms with E-state index in [4.69, 9.17) is 0 Å². The number of nitrogens with zero attached hydrogens (tertiary/aromatic N) is 2. The fourth-order valence-electron chi connectivity index (χ4n) is 2.73. The first-order chi connectivity index (χ1) is 11.1. The van der Waals surface area contributed by atoms with E-state index in [0.29, 0.717) is 18.7 Å². The molecule has 1 aliphatic heterocycles. The van der Waals surface area contributed by atoms with Gasteiger partial charge in [-0.25, -0.2) is 0 Å². The number of carbonyl (C=O) groups is 2. The second-order valence-corrected chi connectivity index (χ2v) is 6.84. The number of carbonyl (C=O) groups excluding carboxylic acids is 2. The molecule has 1 aromatic heterocycles. The van der Waals surface area contributed by atoms with Gasteiger partial charge in [0.25, 0.3) is 0 Å². The molecule has 0 aliphatic carbocycles. The molecule has 2 heterocycles. The maximum absolute atomic E-state index is 12.3. The van der Waals surface area contributed by atoms with Crippen molar-refractivity contribution in [3.05, 3.63) is 48.7 Å². The molecule has 0 saturated carbocycles. The van der Waals surface area contributed by atoms with Crippen LogP contribution in [-0.2, 0) is 9.59 Å². The molecule has 1 aromatic carbocycles. The van der Waals surface area contributed by atoms with Crippen LogP contribution < -0.4 is 4.90 Å². The van der Waals surface area contributed by atoms with Gasteiger partial charge in [0.05, 0.1) is 5.69 Å². The molecule has 118 valence electrons. The molecule has 1 fully saturated rings. The zero-order chi connectivity index (χ0) is 16.2. The zero-order valence-corrected chi connectivity index (χ0v) is 13.8. The van der Waals surface area contributed by atoms with Crippen LogP contribution in [0.3, 0.4) is 0 Å². The maximum Gasteiger partial charge on any atom is 0.227 e. The average Bonchev–Trinajstić information content (AvgIpc) is 2.95. The smallest absolute Gasteiger partial charge is 0.227 e. The van der Waals surface area contributed by atoms with E-state index < -0.39 is 0 Å². The molecule has 0 spiro atoms. The summed E-state index contributed by atoms with van der Waals surface area (Å²) in [5.74, 6) is 1.04. The van der Waals surface area contributed by atoms with Gasteiger partial charge in [0, 0.05) is 43.1 Å². The van der Waals surface area contributed by atoms with Gasteiger partial charge in [-0.2, -0.15) is 0 Å². The normalized spacial score (nSPS) is 17.5. The van der Waals surface area contributed by atoms with Crippen LogP contribution in [0.5, 0.6) is 0 Å². The number of amides is 1. The van der Waals surface area contributed by atoms with Crippen LogP contribution >= 0.6 is 11.8 Å².